The van der Waals surface area contributed by atoms with Gasteiger partial charge < -0.3 is 4.98 Å². The van der Waals surface area contributed by atoms with Gasteiger partial charge in [0.05, 0.1) is 5.70 Å². The number of rotatable bonds is 3. The van der Waals surface area contributed by atoms with Crippen molar-refractivity contribution in [2.45, 2.75) is 54.4 Å². The molecule has 0 radical (unpaired) electrons. The summed E-state index contributed by atoms with van der Waals surface area (Å²) >= 11 is 0. The van der Waals surface area contributed by atoms with E-state index in [-0.39, 0.29) is 0 Å². The first kappa shape index (κ1) is 13.9. The lowest BCUT2D eigenvalue weighted by Crippen LogP contribution is -1.89. The molecule has 0 saturated heterocycles. The Labute approximate surface area is 116 Å². The molecule has 1 aromatic rings. The van der Waals surface area contributed by atoms with Gasteiger partial charge in [0.2, 0.25) is 0 Å². The largest absolute Gasteiger partial charge is 0.358 e. The van der Waals surface area contributed by atoms with Crippen LogP contribution in [-0.4, -0.2) is 10.7 Å². The van der Waals surface area contributed by atoms with Gasteiger partial charge in [0, 0.05) is 17.1 Å². The number of H-pyrrole nitrogens is 1. The van der Waals surface area contributed by atoms with Gasteiger partial charge in [-0.1, -0.05) is 13.8 Å². The van der Waals surface area contributed by atoms with Gasteiger partial charge in [-0.15, -0.1) is 0 Å². The fourth-order valence-electron chi connectivity index (χ4n) is 2.93. The molecule has 1 aromatic heterocycles. The van der Waals surface area contributed by atoms with E-state index in [1.54, 1.807) is 0 Å². The maximum atomic E-state index is 4.71. The minimum Gasteiger partial charge on any atom is -0.358 e. The highest BCUT2D eigenvalue weighted by Crippen LogP contribution is 2.30. The quantitative estimate of drug-likeness (QED) is 0.809. The fourth-order valence-corrected chi connectivity index (χ4v) is 2.93. The van der Waals surface area contributed by atoms with Crippen LogP contribution in [0, 0.1) is 13.8 Å². The topological polar surface area (TPSA) is 28.1 Å². The SMILES string of the molecule is CCC1=C/C(=C(\C)c2[nH]c(C)c(CC)c2C)N=C1C. The zero-order chi connectivity index (χ0) is 14.2. The Bertz CT molecular complexity index is 595. The van der Waals surface area contributed by atoms with Crippen molar-refractivity contribution in [1.82, 2.24) is 4.98 Å². The zero-order valence-electron chi connectivity index (χ0n) is 12.9. The molecule has 1 aliphatic rings. The van der Waals surface area contributed by atoms with Crippen LogP contribution < -0.4 is 0 Å². The summed E-state index contributed by atoms with van der Waals surface area (Å²) in [6.45, 7) is 13.0. The molecule has 102 valence electrons. The number of aryl methyl sites for hydroxylation is 1. The number of hydrogen-bond donors (Lipinski definition) is 1. The van der Waals surface area contributed by atoms with Crippen LogP contribution in [0.5, 0.6) is 0 Å². The molecule has 19 heavy (non-hydrogen) atoms. The molecule has 0 fully saturated rings. The molecule has 0 aliphatic carbocycles. The lowest BCUT2D eigenvalue weighted by molar-refractivity contribution is 1.08. The molecule has 0 spiro atoms. The zero-order valence-corrected chi connectivity index (χ0v) is 12.9. The van der Waals surface area contributed by atoms with Crippen molar-refractivity contribution in [2.75, 3.05) is 0 Å². The van der Waals surface area contributed by atoms with Crippen molar-refractivity contribution >= 4 is 11.3 Å². The fraction of sp³-hybridized carbons (Fsp3) is 0.471. The molecule has 1 aliphatic heterocycles. The maximum absolute atomic E-state index is 4.71. The average molecular weight is 256 g/mol. The minimum atomic E-state index is 1.05. The summed E-state index contributed by atoms with van der Waals surface area (Å²) in [6, 6.07) is 0. The number of aromatic nitrogens is 1. The monoisotopic (exact) mass is 256 g/mol. The maximum Gasteiger partial charge on any atom is 0.0686 e. The summed E-state index contributed by atoms with van der Waals surface area (Å²) in [5, 5.41) is 0. The first-order chi connectivity index (χ1) is 8.99. The van der Waals surface area contributed by atoms with Crippen molar-refractivity contribution < 1.29 is 0 Å². The van der Waals surface area contributed by atoms with Crippen LogP contribution in [0.2, 0.25) is 0 Å². The van der Waals surface area contributed by atoms with E-state index >= 15 is 0 Å². The Hall–Kier alpha value is -1.57. The van der Waals surface area contributed by atoms with Crippen molar-refractivity contribution in [3.8, 4) is 0 Å². The molecule has 1 N–H and O–H groups in total. The molecule has 2 nitrogen and oxygen atoms in total. The third kappa shape index (κ3) is 2.32. The number of allylic oxidation sites excluding steroid dienone is 3. The molecule has 0 aromatic carbocycles. The molecule has 0 bridgehead atoms. The highest BCUT2D eigenvalue weighted by atomic mass is 14.8. The van der Waals surface area contributed by atoms with Gasteiger partial charge in [0.15, 0.2) is 0 Å². The minimum absolute atomic E-state index is 1.05. The van der Waals surface area contributed by atoms with E-state index in [1.165, 1.54) is 33.7 Å². The van der Waals surface area contributed by atoms with Gasteiger partial charge in [-0.2, -0.15) is 0 Å². The first-order valence-electron chi connectivity index (χ1n) is 7.15. The second-order valence-corrected chi connectivity index (χ2v) is 5.31. The van der Waals surface area contributed by atoms with Gasteiger partial charge in [-0.05, 0) is 68.9 Å². The number of aromatic amines is 1. The van der Waals surface area contributed by atoms with Crippen LogP contribution in [0.15, 0.2) is 22.3 Å². The van der Waals surface area contributed by atoms with Gasteiger partial charge in [-0.25, -0.2) is 0 Å². The van der Waals surface area contributed by atoms with Crippen molar-refractivity contribution in [2.24, 2.45) is 4.99 Å². The third-order valence-electron chi connectivity index (χ3n) is 4.15. The first-order valence-corrected chi connectivity index (χ1v) is 7.15. The van der Waals surface area contributed by atoms with Crippen LogP contribution in [0.3, 0.4) is 0 Å². The molecule has 2 rings (SSSR count). The summed E-state index contributed by atoms with van der Waals surface area (Å²) in [5.41, 5.74) is 10.2. The predicted molar refractivity (Wildman–Crippen MR) is 83.7 cm³/mol. The van der Waals surface area contributed by atoms with E-state index in [1.807, 2.05) is 0 Å². The second-order valence-electron chi connectivity index (χ2n) is 5.31. The van der Waals surface area contributed by atoms with E-state index in [9.17, 15) is 0 Å². The predicted octanol–water partition coefficient (Wildman–Crippen LogP) is 4.74. The molecule has 2 heterocycles. The Kier molecular flexibility index (Phi) is 3.79. The molecule has 2 heteroatoms. The van der Waals surface area contributed by atoms with Gasteiger partial charge in [0.1, 0.15) is 0 Å². The third-order valence-corrected chi connectivity index (χ3v) is 4.15. The highest BCUT2D eigenvalue weighted by molar-refractivity contribution is 6.03. The molecular formula is C17H24N2. The number of nitrogens with zero attached hydrogens (tertiary/aromatic N) is 1. The lowest BCUT2D eigenvalue weighted by atomic mass is 10.0. The lowest BCUT2D eigenvalue weighted by Gasteiger charge is -2.03. The summed E-state index contributed by atoms with van der Waals surface area (Å²) < 4.78 is 0. The van der Waals surface area contributed by atoms with E-state index in [0.29, 0.717) is 0 Å². The number of aliphatic imine (C=N–C) groups is 1. The summed E-state index contributed by atoms with van der Waals surface area (Å²) in [4.78, 5) is 8.24. The van der Waals surface area contributed by atoms with Crippen LogP contribution in [-0.2, 0) is 6.42 Å². The Morgan fingerprint density at radius 2 is 1.84 bits per heavy atom. The van der Waals surface area contributed by atoms with Crippen LogP contribution in [0.25, 0.3) is 5.57 Å². The Morgan fingerprint density at radius 1 is 1.16 bits per heavy atom. The van der Waals surface area contributed by atoms with E-state index in [2.05, 4.69) is 52.6 Å². The normalized spacial score (nSPS) is 17.6. The van der Waals surface area contributed by atoms with Crippen molar-refractivity contribution in [3.63, 3.8) is 0 Å². The molecule has 0 saturated carbocycles. The smallest absolute Gasteiger partial charge is 0.0686 e. The summed E-state index contributed by atoms with van der Waals surface area (Å²) in [5.74, 6) is 0. The van der Waals surface area contributed by atoms with Gasteiger partial charge in [-0.3, -0.25) is 4.99 Å². The molecule has 0 atom stereocenters. The van der Waals surface area contributed by atoms with Gasteiger partial charge in [0.25, 0.3) is 0 Å². The van der Waals surface area contributed by atoms with Crippen LogP contribution in [0.4, 0.5) is 0 Å². The molecular weight excluding hydrogens is 232 g/mol. The summed E-state index contributed by atoms with van der Waals surface area (Å²) in [6.07, 6.45) is 4.36. The van der Waals surface area contributed by atoms with E-state index in [0.717, 1.165) is 24.3 Å². The number of nitrogens with one attached hydrogen (secondary N) is 1. The molecule has 0 unspecified atom stereocenters. The highest BCUT2D eigenvalue weighted by Gasteiger charge is 2.16. The second kappa shape index (κ2) is 5.20. The Balaban J connectivity index is 2.52. The van der Waals surface area contributed by atoms with Crippen molar-refractivity contribution in [3.05, 3.63) is 39.9 Å². The molecule has 0 amide bonds. The number of hydrogen-bond acceptors (Lipinski definition) is 1. The van der Waals surface area contributed by atoms with Crippen LogP contribution in [0.1, 0.15) is 56.6 Å². The Morgan fingerprint density at radius 3 is 2.32 bits per heavy atom. The van der Waals surface area contributed by atoms with Crippen LogP contribution >= 0.6 is 0 Å². The van der Waals surface area contributed by atoms with Gasteiger partial charge >= 0.3 is 0 Å². The van der Waals surface area contributed by atoms with E-state index < -0.39 is 0 Å². The standard InChI is InChI=1S/C17H24N2/c1-7-14-9-16(18-12(14)5)11(4)17-10(3)15(8-2)13(6)19-17/h9,19H,7-8H2,1-6H3/b16-11-. The van der Waals surface area contributed by atoms with E-state index in [4.69, 9.17) is 4.99 Å². The summed E-state index contributed by atoms with van der Waals surface area (Å²) in [7, 11) is 0. The van der Waals surface area contributed by atoms with Crippen molar-refractivity contribution in [1.29, 1.82) is 0 Å². The average Bonchev–Trinajstić information content (AvgIpc) is 2.89.